The van der Waals surface area contributed by atoms with Gasteiger partial charge in [-0.05, 0) is 17.7 Å². The highest BCUT2D eigenvalue weighted by molar-refractivity contribution is 14.0. The summed E-state index contributed by atoms with van der Waals surface area (Å²) in [5.41, 5.74) is 6.74. The molecule has 0 spiro atoms. The number of guanidine groups is 1. The fourth-order valence-electron chi connectivity index (χ4n) is 2.05. The summed E-state index contributed by atoms with van der Waals surface area (Å²) in [6, 6.07) is 11.4. The summed E-state index contributed by atoms with van der Waals surface area (Å²) in [4.78, 5) is 14.5. The zero-order valence-corrected chi connectivity index (χ0v) is 16.1. The van der Waals surface area contributed by atoms with Crippen molar-refractivity contribution in [2.75, 3.05) is 0 Å². The normalized spacial score (nSPS) is 11.4. The summed E-state index contributed by atoms with van der Waals surface area (Å²) in [5, 5.41) is 13.7. The second-order valence-electron chi connectivity index (χ2n) is 5.13. The minimum Gasteiger partial charge on any atom is -0.406 e. The van der Waals surface area contributed by atoms with Crippen LogP contribution in [-0.2, 0) is 13.1 Å². The van der Waals surface area contributed by atoms with E-state index in [0.717, 1.165) is 0 Å². The molecule has 3 N–H and O–H groups in total. The monoisotopic (exact) mass is 496 g/mol. The summed E-state index contributed by atoms with van der Waals surface area (Å²) in [5.74, 6) is -0.272. The van der Waals surface area contributed by atoms with Crippen LogP contribution in [0.5, 0.6) is 5.75 Å². The van der Waals surface area contributed by atoms with Crippen LogP contribution >= 0.6 is 24.0 Å². The SMILES string of the molecule is I.NC(=NCc1ccc(OC(F)(F)F)cc1)NCc1ccccc1[N+](=O)[O-]. The van der Waals surface area contributed by atoms with E-state index in [1.165, 1.54) is 30.3 Å². The third-order valence-corrected chi connectivity index (χ3v) is 3.24. The van der Waals surface area contributed by atoms with Crippen molar-refractivity contribution in [3.8, 4) is 5.75 Å². The van der Waals surface area contributed by atoms with E-state index < -0.39 is 11.3 Å². The molecule has 0 aromatic heterocycles. The minimum absolute atomic E-state index is 0. The number of aliphatic imine (C=N–C) groups is 1. The second kappa shape index (κ2) is 9.94. The number of para-hydroxylation sites is 1. The molecule has 0 saturated carbocycles. The van der Waals surface area contributed by atoms with Crippen molar-refractivity contribution in [3.05, 3.63) is 69.8 Å². The highest BCUT2D eigenvalue weighted by Gasteiger charge is 2.30. The van der Waals surface area contributed by atoms with Gasteiger partial charge in [0, 0.05) is 18.2 Å². The van der Waals surface area contributed by atoms with Gasteiger partial charge >= 0.3 is 6.36 Å². The Hall–Kier alpha value is -2.57. The molecular weight excluding hydrogens is 480 g/mol. The molecule has 0 heterocycles. The number of nitro benzene ring substituents is 1. The predicted octanol–water partition coefficient (Wildman–Crippen LogP) is 3.72. The van der Waals surface area contributed by atoms with Crippen molar-refractivity contribution >= 4 is 35.6 Å². The number of nitro groups is 1. The number of ether oxygens (including phenoxy) is 1. The van der Waals surface area contributed by atoms with Crippen LogP contribution in [0.25, 0.3) is 0 Å². The number of hydrogen-bond acceptors (Lipinski definition) is 4. The van der Waals surface area contributed by atoms with Crippen molar-refractivity contribution in [2.24, 2.45) is 10.7 Å². The van der Waals surface area contributed by atoms with Crippen molar-refractivity contribution in [1.29, 1.82) is 0 Å². The Kier molecular flexibility index (Phi) is 8.28. The van der Waals surface area contributed by atoms with Gasteiger partial charge in [-0.3, -0.25) is 10.1 Å². The van der Waals surface area contributed by atoms with Crippen molar-refractivity contribution < 1.29 is 22.8 Å². The summed E-state index contributed by atoms with van der Waals surface area (Å²) >= 11 is 0. The van der Waals surface area contributed by atoms with E-state index in [1.807, 2.05) is 0 Å². The Morgan fingerprint density at radius 3 is 2.41 bits per heavy atom. The van der Waals surface area contributed by atoms with Gasteiger partial charge < -0.3 is 15.8 Å². The number of benzene rings is 2. The highest BCUT2D eigenvalue weighted by atomic mass is 127. The van der Waals surface area contributed by atoms with Gasteiger partial charge in [0.05, 0.1) is 11.5 Å². The van der Waals surface area contributed by atoms with Crippen LogP contribution in [0.3, 0.4) is 0 Å². The summed E-state index contributed by atoms with van der Waals surface area (Å²) in [6.07, 6.45) is -4.74. The largest absolute Gasteiger partial charge is 0.573 e. The van der Waals surface area contributed by atoms with Crippen molar-refractivity contribution in [2.45, 2.75) is 19.5 Å². The molecule has 0 bridgehead atoms. The summed E-state index contributed by atoms with van der Waals surface area (Å²) in [7, 11) is 0. The fraction of sp³-hybridized carbons (Fsp3) is 0.188. The van der Waals surface area contributed by atoms with Gasteiger partial charge in [-0.2, -0.15) is 0 Å². The number of nitrogens with zero attached hydrogens (tertiary/aromatic N) is 2. The number of nitrogens with one attached hydrogen (secondary N) is 1. The number of nitrogens with two attached hydrogens (primary N) is 1. The quantitative estimate of drug-likeness (QED) is 0.209. The fourth-order valence-corrected chi connectivity index (χ4v) is 2.05. The topological polar surface area (TPSA) is 103 Å². The molecule has 0 fully saturated rings. The predicted molar refractivity (Wildman–Crippen MR) is 104 cm³/mol. The summed E-state index contributed by atoms with van der Waals surface area (Å²) < 4.78 is 40.0. The molecule has 0 aliphatic rings. The molecule has 0 unspecified atom stereocenters. The van der Waals surface area contributed by atoms with Crippen LogP contribution in [0.2, 0.25) is 0 Å². The first-order valence-electron chi connectivity index (χ1n) is 7.35. The lowest BCUT2D eigenvalue weighted by molar-refractivity contribution is -0.385. The Bertz CT molecular complexity index is 798. The lowest BCUT2D eigenvalue weighted by atomic mass is 10.2. The number of rotatable bonds is 6. The lowest BCUT2D eigenvalue weighted by Gasteiger charge is -2.09. The zero-order chi connectivity index (χ0) is 19.2. The van der Waals surface area contributed by atoms with Crippen molar-refractivity contribution in [3.63, 3.8) is 0 Å². The van der Waals surface area contributed by atoms with Crippen LogP contribution in [0.1, 0.15) is 11.1 Å². The van der Waals surface area contributed by atoms with E-state index in [0.29, 0.717) is 11.1 Å². The minimum atomic E-state index is -4.74. The van der Waals surface area contributed by atoms with Gasteiger partial charge in [-0.25, -0.2) is 4.99 Å². The van der Waals surface area contributed by atoms with E-state index in [1.54, 1.807) is 18.2 Å². The maximum absolute atomic E-state index is 12.1. The third kappa shape index (κ3) is 7.68. The molecule has 27 heavy (non-hydrogen) atoms. The molecule has 0 amide bonds. The van der Waals surface area contributed by atoms with Crippen LogP contribution in [-0.4, -0.2) is 17.2 Å². The molecule has 2 aromatic rings. The van der Waals surface area contributed by atoms with E-state index in [4.69, 9.17) is 5.73 Å². The van der Waals surface area contributed by atoms with Crippen LogP contribution in [0.15, 0.2) is 53.5 Å². The molecule has 11 heteroatoms. The molecule has 0 radical (unpaired) electrons. The van der Waals surface area contributed by atoms with Gasteiger partial charge in [-0.1, -0.05) is 30.3 Å². The maximum atomic E-state index is 12.1. The van der Waals surface area contributed by atoms with Gasteiger partial charge in [0.25, 0.3) is 5.69 Å². The van der Waals surface area contributed by atoms with Crippen molar-refractivity contribution in [1.82, 2.24) is 5.32 Å². The highest BCUT2D eigenvalue weighted by Crippen LogP contribution is 2.23. The Morgan fingerprint density at radius 1 is 1.19 bits per heavy atom. The molecule has 0 aliphatic carbocycles. The third-order valence-electron chi connectivity index (χ3n) is 3.24. The number of alkyl halides is 3. The van der Waals surface area contributed by atoms with E-state index >= 15 is 0 Å². The van der Waals surface area contributed by atoms with E-state index in [2.05, 4.69) is 15.0 Å². The first kappa shape index (κ1) is 22.5. The molecule has 0 aliphatic heterocycles. The van der Waals surface area contributed by atoms with Gasteiger partial charge in [-0.15, -0.1) is 37.1 Å². The van der Waals surface area contributed by atoms with Crippen LogP contribution in [0, 0.1) is 10.1 Å². The Balaban J connectivity index is 0.00000364. The zero-order valence-electron chi connectivity index (χ0n) is 13.8. The molecular formula is C16H16F3IN4O3. The molecule has 0 saturated heterocycles. The number of hydrogen-bond donors (Lipinski definition) is 2. The first-order valence-corrected chi connectivity index (χ1v) is 7.35. The number of halogens is 4. The van der Waals surface area contributed by atoms with Crippen LogP contribution < -0.4 is 15.8 Å². The Morgan fingerprint density at radius 2 is 1.81 bits per heavy atom. The summed E-state index contributed by atoms with van der Waals surface area (Å²) in [6.45, 7) is 0.243. The molecule has 0 atom stereocenters. The average molecular weight is 496 g/mol. The molecule has 7 nitrogen and oxygen atoms in total. The van der Waals surface area contributed by atoms with Gasteiger partial charge in [0.15, 0.2) is 5.96 Å². The maximum Gasteiger partial charge on any atom is 0.573 e. The van der Waals surface area contributed by atoms with Crippen LogP contribution in [0.4, 0.5) is 18.9 Å². The van der Waals surface area contributed by atoms with Gasteiger partial charge in [0.1, 0.15) is 5.75 Å². The molecule has 2 rings (SSSR count). The lowest BCUT2D eigenvalue weighted by Crippen LogP contribution is -2.31. The van der Waals surface area contributed by atoms with E-state index in [9.17, 15) is 23.3 Å². The molecule has 146 valence electrons. The second-order valence-corrected chi connectivity index (χ2v) is 5.13. The van der Waals surface area contributed by atoms with Gasteiger partial charge in [0.2, 0.25) is 0 Å². The smallest absolute Gasteiger partial charge is 0.406 e. The first-order chi connectivity index (χ1) is 12.2. The Labute approximate surface area is 169 Å². The van der Waals surface area contributed by atoms with E-state index in [-0.39, 0.29) is 54.5 Å². The standard InChI is InChI=1S/C16H15F3N4O3.HI/c17-16(18,19)26-13-7-5-11(6-8-13)9-21-15(20)22-10-12-3-1-2-4-14(12)23(24)25;/h1-8H,9-10H2,(H3,20,21,22);1H. The molecule has 2 aromatic carbocycles. The average Bonchev–Trinajstić information content (AvgIpc) is 2.58.